The van der Waals surface area contributed by atoms with E-state index in [4.69, 9.17) is 4.74 Å². The van der Waals surface area contributed by atoms with Crippen LogP contribution in [0.4, 0.5) is 0 Å². The monoisotopic (exact) mass is 233 g/mol. The molecule has 17 heavy (non-hydrogen) atoms. The van der Waals surface area contributed by atoms with Gasteiger partial charge in [0.2, 0.25) is 0 Å². The normalized spacial score (nSPS) is 17.1. The van der Waals surface area contributed by atoms with Crippen molar-refractivity contribution in [1.82, 2.24) is 5.32 Å². The van der Waals surface area contributed by atoms with E-state index in [9.17, 15) is 0 Å². The molecule has 0 saturated heterocycles. The molecule has 0 amide bonds. The van der Waals surface area contributed by atoms with Crippen LogP contribution in [0.1, 0.15) is 37.3 Å². The minimum Gasteiger partial charge on any atom is -0.380 e. The van der Waals surface area contributed by atoms with E-state index < -0.39 is 0 Å². The standard InChI is InChI=1S/C15H23NO/c1-3-15(8-9-15)12-16-10-13-6-4-5-7-14(13)11-17-2/h4-7,16H,3,8-12H2,1-2H3. The number of hydrogen-bond donors (Lipinski definition) is 1. The van der Waals surface area contributed by atoms with Gasteiger partial charge in [-0.05, 0) is 35.8 Å². The third kappa shape index (κ3) is 3.30. The maximum absolute atomic E-state index is 5.22. The molecule has 0 unspecified atom stereocenters. The molecule has 1 aliphatic carbocycles. The Morgan fingerprint density at radius 3 is 2.53 bits per heavy atom. The number of methoxy groups -OCH3 is 1. The average molecular weight is 233 g/mol. The molecule has 2 rings (SSSR count). The van der Waals surface area contributed by atoms with Gasteiger partial charge in [0.1, 0.15) is 0 Å². The molecular weight excluding hydrogens is 210 g/mol. The molecule has 0 aromatic heterocycles. The zero-order valence-corrected chi connectivity index (χ0v) is 11.0. The predicted octanol–water partition coefficient (Wildman–Crippen LogP) is 3.11. The number of rotatable bonds is 7. The van der Waals surface area contributed by atoms with Gasteiger partial charge in [-0.1, -0.05) is 31.2 Å². The minimum atomic E-state index is 0.621. The lowest BCUT2D eigenvalue weighted by Crippen LogP contribution is -2.23. The quantitative estimate of drug-likeness (QED) is 0.781. The summed E-state index contributed by atoms with van der Waals surface area (Å²) in [7, 11) is 1.75. The van der Waals surface area contributed by atoms with Gasteiger partial charge in [-0.2, -0.15) is 0 Å². The fourth-order valence-electron chi connectivity index (χ4n) is 2.32. The highest BCUT2D eigenvalue weighted by Crippen LogP contribution is 2.47. The molecule has 1 saturated carbocycles. The van der Waals surface area contributed by atoms with Crippen LogP contribution in [0.3, 0.4) is 0 Å². The van der Waals surface area contributed by atoms with Crippen LogP contribution in [0.25, 0.3) is 0 Å². The zero-order chi connectivity index (χ0) is 12.1. The first-order chi connectivity index (χ1) is 8.29. The van der Waals surface area contributed by atoms with Gasteiger partial charge in [0.05, 0.1) is 6.61 Å². The topological polar surface area (TPSA) is 21.3 Å². The van der Waals surface area contributed by atoms with Crippen molar-refractivity contribution in [3.05, 3.63) is 35.4 Å². The largest absolute Gasteiger partial charge is 0.380 e. The summed E-state index contributed by atoms with van der Waals surface area (Å²) >= 11 is 0. The van der Waals surface area contributed by atoms with Crippen LogP contribution >= 0.6 is 0 Å². The van der Waals surface area contributed by atoms with Crippen molar-refractivity contribution in [1.29, 1.82) is 0 Å². The Labute approximate surface area is 104 Å². The summed E-state index contributed by atoms with van der Waals surface area (Å²) in [5, 5.41) is 3.60. The molecule has 0 spiro atoms. The average Bonchev–Trinajstić information content (AvgIpc) is 3.12. The summed E-state index contributed by atoms with van der Waals surface area (Å²) < 4.78 is 5.22. The first-order valence-electron chi connectivity index (χ1n) is 6.56. The van der Waals surface area contributed by atoms with Crippen molar-refractivity contribution in [2.75, 3.05) is 13.7 Å². The van der Waals surface area contributed by atoms with Gasteiger partial charge in [0.15, 0.2) is 0 Å². The van der Waals surface area contributed by atoms with E-state index >= 15 is 0 Å². The molecule has 1 aliphatic rings. The molecule has 2 heteroatoms. The molecule has 94 valence electrons. The van der Waals surface area contributed by atoms with E-state index in [1.54, 1.807) is 7.11 Å². The molecular formula is C15H23NO. The van der Waals surface area contributed by atoms with E-state index in [0.717, 1.165) is 13.1 Å². The Bertz CT molecular complexity index is 358. The van der Waals surface area contributed by atoms with Crippen molar-refractivity contribution in [3.63, 3.8) is 0 Å². The first kappa shape index (κ1) is 12.6. The summed E-state index contributed by atoms with van der Waals surface area (Å²) in [4.78, 5) is 0. The number of hydrogen-bond acceptors (Lipinski definition) is 2. The third-order valence-electron chi connectivity index (χ3n) is 3.94. The Hall–Kier alpha value is -0.860. The summed E-state index contributed by atoms with van der Waals surface area (Å²) in [5.74, 6) is 0. The first-order valence-corrected chi connectivity index (χ1v) is 6.56. The molecule has 0 bridgehead atoms. The molecule has 1 N–H and O–H groups in total. The Balaban J connectivity index is 1.85. The molecule has 1 aromatic rings. The van der Waals surface area contributed by atoms with E-state index in [-0.39, 0.29) is 0 Å². The van der Waals surface area contributed by atoms with E-state index in [1.807, 2.05) is 0 Å². The van der Waals surface area contributed by atoms with Crippen molar-refractivity contribution in [3.8, 4) is 0 Å². The number of ether oxygens (including phenoxy) is 1. The molecule has 1 aromatic carbocycles. The second kappa shape index (κ2) is 5.65. The lowest BCUT2D eigenvalue weighted by atomic mass is 10.0. The third-order valence-corrected chi connectivity index (χ3v) is 3.94. The molecule has 0 atom stereocenters. The summed E-state index contributed by atoms with van der Waals surface area (Å²) in [6, 6.07) is 8.51. The van der Waals surface area contributed by atoms with Crippen LogP contribution in [0, 0.1) is 5.41 Å². The Morgan fingerprint density at radius 1 is 1.24 bits per heavy atom. The zero-order valence-electron chi connectivity index (χ0n) is 11.0. The van der Waals surface area contributed by atoms with Gasteiger partial charge in [0, 0.05) is 20.2 Å². The van der Waals surface area contributed by atoms with Crippen LogP contribution < -0.4 is 5.32 Å². The Morgan fingerprint density at radius 2 is 1.94 bits per heavy atom. The minimum absolute atomic E-state index is 0.621. The molecule has 0 aliphatic heterocycles. The van der Waals surface area contributed by atoms with E-state index in [1.165, 1.54) is 30.4 Å². The van der Waals surface area contributed by atoms with Crippen LogP contribution in [0.15, 0.2) is 24.3 Å². The van der Waals surface area contributed by atoms with Gasteiger partial charge in [-0.25, -0.2) is 0 Å². The second-order valence-electron chi connectivity index (χ2n) is 5.16. The van der Waals surface area contributed by atoms with Crippen LogP contribution in [-0.2, 0) is 17.9 Å². The number of benzene rings is 1. The van der Waals surface area contributed by atoms with Gasteiger partial charge >= 0.3 is 0 Å². The lowest BCUT2D eigenvalue weighted by Gasteiger charge is -2.15. The highest BCUT2D eigenvalue weighted by Gasteiger charge is 2.39. The van der Waals surface area contributed by atoms with E-state index in [0.29, 0.717) is 12.0 Å². The summed E-state index contributed by atoms with van der Waals surface area (Å²) in [6.07, 6.45) is 4.10. The van der Waals surface area contributed by atoms with Gasteiger partial charge < -0.3 is 10.1 Å². The van der Waals surface area contributed by atoms with Crippen molar-refractivity contribution < 1.29 is 4.74 Å². The van der Waals surface area contributed by atoms with Gasteiger partial charge in [-0.3, -0.25) is 0 Å². The highest BCUT2D eigenvalue weighted by atomic mass is 16.5. The second-order valence-corrected chi connectivity index (χ2v) is 5.16. The van der Waals surface area contributed by atoms with E-state index in [2.05, 4.69) is 36.5 Å². The summed E-state index contributed by atoms with van der Waals surface area (Å²) in [5.41, 5.74) is 3.28. The van der Waals surface area contributed by atoms with Crippen LogP contribution in [0.2, 0.25) is 0 Å². The van der Waals surface area contributed by atoms with Crippen molar-refractivity contribution in [2.24, 2.45) is 5.41 Å². The molecule has 2 nitrogen and oxygen atoms in total. The van der Waals surface area contributed by atoms with Crippen molar-refractivity contribution in [2.45, 2.75) is 39.3 Å². The molecule has 0 heterocycles. The predicted molar refractivity (Wildman–Crippen MR) is 70.8 cm³/mol. The number of nitrogens with one attached hydrogen (secondary N) is 1. The molecule has 0 radical (unpaired) electrons. The molecule has 1 fully saturated rings. The maximum Gasteiger partial charge on any atom is 0.0716 e. The van der Waals surface area contributed by atoms with Crippen LogP contribution in [0.5, 0.6) is 0 Å². The maximum atomic E-state index is 5.22. The highest BCUT2D eigenvalue weighted by molar-refractivity contribution is 5.26. The SMILES string of the molecule is CCC1(CNCc2ccccc2COC)CC1. The van der Waals surface area contributed by atoms with Gasteiger partial charge in [-0.15, -0.1) is 0 Å². The van der Waals surface area contributed by atoms with Gasteiger partial charge in [0.25, 0.3) is 0 Å². The fourth-order valence-corrected chi connectivity index (χ4v) is 2.32. The smallest absolute Gasteiger partial charge is 0.0716 e. The van der Waals surface area contributed by atoms with Crippen molar-refractivity contribution >= 4 is 0 Å². The lowest BCUT2D eigenvalue weighted by molar-refractivity contribution is 0.184. The Kier molecular flexibility index (Phi) is 4.19. The fraction of sp³-hybridized carbons (Fsp3) is 0.600. The summed E-state index contributed by atoms with van der Waals surface area (Å²) in [6.45, 7) is 5.12. The van der Waals surface area contributed by atoms with Crippen LogP contribution in [-0.4, -0.2) is 13.7 Å².